The molecule has 5 heterocycles. The molecule has 0 aliphatic carbocycles. The van der Waals surface area contributed by atoms with E-state index < -0.39 is 0 Å². The van der Waals surface area contributed by atoms with E-state index in [0.717, 1.165) is 36.2 Å². The Kier molecular flexibility index (Phi) is 3.08. The van der Waals surface area contributed by atoms with Gasteiger partial charge in [-0.15, -0.1) is 0 Å². The van der Waals surface area contributed by atoms with Crippen molar-refractivity contribution >= 4 is 5.82 Å². The molecule has 5 nitrogen and oxygen atoms in total. The van der Waals surface area contributed by atoms with Gasteiger partial charge in [0.2, 0.25) is 0 Å². The summed E-state index contributed by atoms with van der Waals surface area (Å²) in [5, 5.41) is 16.1. The van der Waals surface area contributed by atoms with E-state index >= 15 is 0 Å². The van der Waals surface area contributed by atoms with Crippen LogP contribution in [0.15, 0.2) is 24.0 Å². The Labute approximate surface area is 131 Å². The number of hydrogen-bond acceptors (Lipinski definition) is 5. The highest BCUT2D eigenvalue weighted by Gasteiger charge is 2.48. The van der Waals surface area contributed by atoms with E-state index in [4.69, 9.17) is 5.26 Å². The van der Waals surface area contributed by atoms with Crippen molar-refractivity contribution in [2.75, 3.05) is 25.0 Å². The fourth-order valence-electron chi connectivity index (χ4n) is 4.17. The van der Waals surface area contributed by atoms with Crippen molar-refractivity contribution in [2.45, 2.75) is 31.7 Å². The highest BCUT2D eigenvalue weighted by atomic mass is 15.3. The smallest absolute Gasteiger partial charge is 0.131 e. The zero-order valence-electron chi connectivity index (χ0n) is 12.9. The molecule has 114 valence electrons. The molecule has 0 radical (unpaired) electrons. The first-order chi connectivity index (χ1) is 10.7. The highest BCUT2D eigenvalue weighted by molar-refractivity contribution is 5.47. The molecule has 4 aliphatic rings. The maximum Gasteiger partial charge on any atom is 0.131 e. The molecule has 1 atom stereocenters. The zero-order chi connectivity index (χ0) is 15.2. The van der Waals surface area contributed by atoms with Crippen molar-refractivity contribution in [2.24, 2.45) is 5.92 Å². The van der Waals surface area contributed by atoms with E-state index in [1.165, 1.54) is 25.9 Å². The molecule has 3 saturated heterocycles. The van der Waals surface area contributed by atoms with Gasteiger partial charge in [-0.3, -0.25) is 0 Å². The lowest BCUT2D eigenvalue weighted by atomic mass is 9.72. The van der Waals surface area contributed by atoms with Gasteiger partial charge < -0.3 is 15.5 Å². The molecular formula is C17H21N5. The number of piperidine rings is 3. The van der Waals surface area contributed by atoms with Crippen LogP contribution in [0, 0.1) is 24.2 Å². The first-order valence-electron chi connectivity index (χ1n) is 8.04. The fraction of sp³-hybridized carbons (Fsp3) is 0.529. The third kappa shape index (κ3) is 2.15. The number of nitrogens with zero attached hydrogens (tertiary/aromatic N) is 3. The van der Waals surface area contributed by atoms with E-state index in [2.05, 4.69) is 32.7 Å². The van der Waals surface area contributed by atoms with E-state index in [1.807, 2.05) is 19.1 Å². The Morgan fingerprint density at radius 3 is 2.86 bits per heavy atom. The van der Waals surface area contributed by atoms with Crippen LogP contribution in [0.25, 0.3) is 0 Å². The molecular weight excluding hydrogens is 274 g/mol. The Balaban J connectivity index is 1.47. The monoisotopic (exact) mass is 295 g/mol. The van der Waals surface area contributed by atoms with Gasteiger partial charge in [-0.25, -0.2) is 4.98 Å². The van der Waals surface area contributed by atoms with Crippen molar-refractivity contribution in [3.63, 3.8) is 0 Å². The molecule has 1 aromatic rings. The third-order valence-electron chi connectivity index (χ3n) is 5.40. The number of aromatic nitrogens is 1. The van der Waals surface area contributed by atoms with Crippen molar-refractivity contribution in [3.05, 3.63) is 35.3 Å². The number of fused-ring (bicyclic) bond motifs is 2. The van der Waals surface area contributed by atoms with E-state index in [1.54, 1.807) is 0 Å². The van der Waals surface area contributed by atoms with Crippen LogP contribution in [0.1, 0.15) is 30.5 Å². The van der Waals surface area contributed by atoms with Gasteiger partial charge in [0.25, 0.3) is 0 Å². The molecule has 2 N–H and O–H groups in total. The van der Waals surface area contributed by atoms with Gasteiger partial charge in [0, 0.05) is 6.54 Å². The molecule has 22 heavy (non-hydrogen) atoms. The second-order valence-corrected chi connectivity index (χ2v) is 6.72. The van der Waals surface area contributed by atoms with Crippen LogP contribution >= 0.6 is 0 Å². The summed E-state index contributed by atoms with van der Waals surface area (Å²) in [5.74, 6) is 2.64. The molecule has 0 saturated carbocycles. The zero-order valence-corrected chi connectivity index (χ0v) is 12.9. The van der Waals surface area contributed by atoms with E-state index in [0.29, 0.717) is 5.56 Å². The van der Waals surface area contributed by atoms with Gasteiger partial charge in [0.15, 0.2) is 0 Å². The third-order valence-corrected chi connectivity index (χ3v) is 5.40. The van der Waals surface area contributed by atoms with Gasteiger partial charge in [0.1, 0.15) is 17.7 Å². The quantitative estimate of drug-likeness (QED) is 0.873. The van der Waals surface area contributed by atoms with Crippen LogP contribution < -0.4 is 10.6 Å². The predicted octanol–water partition coefficient (Wildman–Crippen LogP) is 1.97. The van der Waals surface area contributed by atoms with Crippen LogP contribution in [0.3, 0.4) is 0 Å². The van der Waals surface area contributed by atoms with Gasteiger partial charge in [-0.1, -0.05) is 0 Å². The minimum Gasteiger partial charge on any atom is -0.365 e. The highest BCUT2D eigenvalue weighted by Crippen LogP contribution is 2.41. The van der Waals surface area contributed by atoms with Gasteiger partial charge >= 0.3 is 0 Å². The topological polar surface area (TPSA) is 64.0 Å². The van der Waals surface area contributed by atoms with Crippen LogP contribution in [-0.2, 0) is 0 Å². The van der Waals surface area contributed by atoms with E-state index in [9.17, 15) is 0 Å². The summed E-state index contributed by atoms with van der Waals surface area (Å²) < 4.78 is 0. The van der Waals surface area contributed by atoms with Gasteiger partial charge in [0.05, 0.1) is 16.8 Å². The number of hydrogen-bond donors (Lipinski definition) is 2. The molecule has 4 aliphatic heterocycles. The van der Waals surface area contributed by atoms with Crippen molar-refractivity contribution in [1.82, 2.24) is 15.2 Å². The Morgan fingerprint density at radius 2 is 2.23 bits per heavy atom. The van der Waals surface area contributed by atoms with Crippen LogP contribution in [0.2, 0.25) is 0 Å². The first kappa shape index (κ1) is 13.6. The molecule has 0 amide bonds. The normalized spacial score (nSPS) is 32.5. The lowest BCUT2D eigenvalue weighted by Gasteiger charge is -2.52. The number of rotatable bonds is 2. The SMILES string of the molecule is Cc1nc(NC2=CC[C@@]3(CN4CCC3CC4)N2)ccc1C#N. The molecule has 2 bridgehead atoms. The first-order valence-corrected chi connectivity index (χ1v) is 8.04. The Morgan fingerprint density at radius 1 is 1.41 bits per heavy atom. The van der Waals surface area contributed by atoms with E-state index in [-0.39, 0.29) is 5.54 Å². The Hall–Kier alpha value is -2.06. The average Bonchev–Trinajstić information content (AvgIpc) is 2.91. The van der Waals surface area contributed by atoms with Crippen molar-refractivity contribution < 1.29 is 0 Å². The Bertz CT molecular complexity index is 666. The molecule has 1 aromatic heterocycles. The summed E-state index contributed by atoms with van der Waals surface area (Å²) in [7, 11) is 0. The van der Waals surface area contributed by atoms with Crippen LogP contribution in [0.4, 0.5) is 5.82 Å². The van der Waals surface area contributed by atoms with Gasteiger partial charge in [-0.05, 0) is 63.4 Å². The molecule has 0 aromatic carbocycles. The lowest BCUT2D eigenvalue weighted by molar-refractivity contribution is 0.0189. The summed E-state index contributed by atoms with van der Waals surface area (Å²) in [5.41, 5.74) is 1.62. The summed E-state index contributed by atoms with van der Waals surface area (Å²) >= 11 is 0. The number of nitrogens with one attached hydrogen (secondary N) is 2. The van der Waals surface area contributed by atoms with Gasteiger partial charge in [-0.2, -0.15) is 5.26 Å². The largest absolute Gasteiger partial charge is 0.365 e. The molecule has 5 rings (SSSR count). The lowest BCUT2D eigenvalue weighted by Crippen LogP contribution is -2.64. The minimum absolute atomic E-state index is 0.223. The standard InChI is InChI=1S/C17H21N5/c1-12-13(10-18)2-3-15(19-12)20-16-4-7-17(21-16)11-22-8-5-14(17)6-9-22/h2-4,14,21H,5-9,11H2,1H3,(H,19,20)/t17-/m0/s1. The maximum absolute atomic E-state index is 8.98. The maximum atomic E-state index is 8.98. The minimum atomic E-state index is 0.223. The number of pyridine rings is 1. The van der Waals surface area contributed by atoms with Crippen LogP contribution in [0.5, 0.6) is 0 Å². The van der Waals surface area contributed by atoms with Crippen LogP contribution in [-0.4, -0.2) is 35.1 Å². The molecule has 5 heteroatoms. The second kappa shape index (κ2) is 4.99. The predicted molar refractivity (Wildman–Crippen MR) is 85.0 cm³/mol. The van der Waals surface area contributed by atoms with Crippen molar-refractivity contribution in [1.29, 1.82) is 5.26 Å². The molecule has 1 spiro atoms. The van der Waals surface area contributed by atoms with Crippen molar-refractivity contribution in [3.8, 4) is 6.07 Å². The summed E-state index contributed by atoms with van der Waals surface area (Å²) in [4.78, 5) is 7.04. The number of nitriles is 1. The molecule has 3 fully saturated rings. The fourth-order valence-corrected chi connectivity index (χ4v) is 4.17. The number of anilines is 1. The number of aryl methyl sites for hydroxylation is 1. The summed E-state index contributed by atoms with van der Waals surface area (Å²) in [6.45, 7) is 5.54. The molecule has 0 unspecified atom stereocenters. The summed E-state index contributed by atoms with van der Waals surface area (Å²) in [6, 6.07) is 5.85. The average molecular weight is 295 g/mol. The summed E-state index contributed by atoms with van der Waals surface area (Å²) in [6.07, 6.45) is 5.97. The second-order valence-electron chi connectivity index (χ2n) is 6.72.